The number of rotatable bonds is 6. The summed E-state index contributed by atoms with van der Waals surface area (Å²) in [6.07, 6.45) is 7.90. The fraction of sp³-hybridized carbons (Fsp3) is 0.800. The number of nitrogens with zero attached hydrogens (tertiary/aromatic N) is 5. The van der Waals surface area contributed by atoms with Crippen LogP contribution in [0.2, 0.25) is 0 Å². The van der Waals surface area contributed by atoms with E-state index < -0.39 is 5.54 Å². The molecule has 124 valence electrons. The number of carbonyl (C=O) groups excluding carboxylic acids is 1. The number of hydrogen-bond acceptors (Lipinski definition) is 6. The third kappa shape index (κ3) is 3.83. The first-order valence-electron chi connectivity index (χ1n) is 8.25. The van der Waals surface area contributed by atoms with Gasteiger partial charge in [0.25, 0.3) is 0 Å². The van der Waals surface area contributed by atoms with E-state index >= 15 is 0 Å². The molecule has 2 saturated carbocycles. The number of tetrazole rings is 1. The summed E-state index contributed by atoms with van der Waals surface area (Å²) in [6.45, 7) is 1.80. The van der Waals surface area contributed by atoms with Crippen LogP contribution in [0.5, 0.6) is 0 Å². The Morgan fingerprint density at radius 1 is 1.39 bits per heavy atom. The summed E-state index contributed by atoms with van der Waals surface area (Å²) in [6, 6.07) is 2.59. The van der Waals surface area contributed by atoms with Crippen molar-refractivity contribution < 1.29 is 4.79 Å². The summed E-state index contributed by atoms with van der Waals surface area (Å²) in [5.41, 5.74) is -0.743. The van der Waals surface area contributed by atoms with Crippen molar-refractivity contribution in [2.24, 2.45) is 5.92 Å². The molecule has 1 aromatic rings. The SMILES string of the molecule is CC(C#N)(NC(=O)CSc1nnnn1C1CCCCC1)C1CC1. The zero-order valence-corrected chi connectivity index (χ0v) is 14.2. The van der Waals surface area contributed by atoms with Crippen molar-refractivity contribution in [3.8, 4) is 6.07 Å². The molecule has 2 aliphatic rings. The van der Waals surface area contributed by atoms with E-state index in [-0.39, 0.29) is 17.6 Å². The number of carbonyl (C=O) groups is 1. The van der Waals surface area contributed by atoms with Crippen LogP contribution >= 0.6 is 11.8 Å². The van der Waals surface area contributed by atoms with E-state index in [1.165, 1.54) is 31.0 Å². The molecular weight excluding hydrogens is 312 g/mol. The van der Waals surface area contributed by atoms with Crippen LogP contribution in [0.3, 0.4) is 0 Å². The molecule has 0 saturated heterocycles. The molecule has 1 unspecified atom stereocenters. The molecule has 0 spiro atoms. The number of thioether (sulfide) groups is 1. The van der Waals surface area contributed by atoms with Gasteiger partial charge in [-0.05, 0) is 49.0 Å². The van der Waals surface area contributed by atoms with Gasteiger partial charge in [-0.3, -0.25) is 4.79 Å². The summed E-state index contributed by atoms with van der Waals surface area (Å²) in [5, 5.41) is 24.8. The fourth-order valence-electron chi connectivity index (χ4n) is 3.17. The predicted molar refractivity (Wildman–Crippen MR) is 85.5 cm³/mol. The van der Waals surface area contributed by atoms with Crippen molar-refractivity contribution in [3.63, 3.8) is 0 Å². The molecule has 7 nitrogen and oxygen atoms in total. The Morgan fingerprint density at radius 3 is 2.78 bits per heavy atom. The number of aromatic nitrogens is 4. The Balaban J connectivity index is 1.55. The van der Waals surface area contributed by atoms with Gasteiger partial charge in [0, 0.05) is 0 Å². The van der Waals surface area contributed by atoms with E-state index in [1.54, 1.807) is 6.92 Å². The molecule has 23 heavy (non-hydrogen) atoms. The summed E-state index contributed by atoms with van der Waals surface area (Å²) < 4.78 is 1.86. The van der Waals surface area contributed by atoms with Gasteiger partial charge in [-0.1, -0.05) is 31.0 Å². The van der Waals surface area contributed by atoms with Crippen molar-refractivity contribution in [1.82, 2.24) is 25.5 Å². The van der Waals surface area contributed by atoms with Crippen LogP contribution in [0, 0.1) is 17.2 Å². The molecule has 0 aliphatic heterocycles. The first kappa shape index (κ1) is 16.2. The fourth-order valence-corrected chi connectivity index (χ4v) is 3.92. The Hall–Kier alpha value is -1.62. The van der Waals surface area contributed by atoms with Gasteiger partial charge in [0.2, 0.25) is 11.1 Å². The summed E-state index contributed by atoms with van der Waals surface area (Å²) in [4.78, 5) is 12.2. The van der Waals surface area contributed by atoms with E-state index in [4.69, 9.17) is 0 Å². The second kappa shape index (κ2) is 6.87. The lowest BCUT2D eigenvalue weighted by Gasteiger charge is -2.23. The zero-order chi connectivity index (χ0) is 16.3. The van der Waals surface area contributed by atoms with E-state index in [2.05, 4.69) is 26.9 Å². The van der Waals surface area contributed by atoms with Gasteiger partial charge < -0.3 is 5.32 Å². The Bertz CT molecular complexity index is 601. The summed E-state index contributed by atoms with van der Waals surface area (Å²) in [7, 11) is 0. The van der Waals surface area contributed by atoms with Crippen molar-refractivity contribution in [2.45, 2.75) is 68.6 Å². The maximum absolute atomic E-state index is 12.2. The van der Waals surface area contributed by atoms with Crippen molar-refractivity contribution >= 4 is 17.7 Å². The van der Waals surface area contributed by atoms with Gasteiger partial charge in [-0.15, -0.1) is 5.10 Å². The zero-order valence-electron chi connectivity index (χ0n) is 13.4. The normalized spacial score (nSPS) is 21.4. The molecule has 1 atom stereocenters. The van der Waals surface area contributed by atoms with Gasteiger partial charge in [0.05, 0.1) is 17.9 Å². The molecular formula is C15H22N6OS. The van der Waals surface area contributed by atoms with E-state index in [0.717, 1.165) is 25.7 Å². The highest BCUT2D eigenvalue weighted by atomic mass is 32.2. The first-order valence-corrected chi connectivity index (χ1v) is 9.24. The lowest BCUT2D eigenvalue weighted by Crippen LogP contribution is -2.47. The maximum Gasteiger partial charge on any atom is 0.231 e. The van der Waals surface area contributed by atoms with Crippen molar-refractivity contribution in [3.05, 3.63) is 0 Å². The number of nitrogens with one attached hydrogen (secondary N) is 1. The molecule has 1 amide bonds. The molecule has 1 aromatic heterocycles. The van der Waals surface area contributed by atoms with Crippen molar-refractivity contribution in [2.75, 3.05) is 5.75 Å². The Kier molecular flexibility index (Phi) is 4.85. The summed E-state index contributed by atoms with van der Waals surface area (Å²) in [5.74, 6) is 0.384. The van der Waals surface area contributed by atoms with Crippen LogP contribution < -0.4 is 5.32 Å². The second-order valence-corrected chi connectivity index (χ2v) is 7.57. The topological polar surface area (TPSA) is 96.5 Å². The quantitative estimate of drug-likeness (QED) is 0.800. The molecule has 3 rings (SSSR count). The molecule has 2 aliphatic carbocycles. The predicted octanol–water partition coefficient (Wildman–Crippen LogP) is 2.08. The van der Waals surface area contributed by atoms with Gasteiger partial charge in [0.1, 0.15) is 5.54 Å². The van der Waals surface area contributed by atoms with Gasteiger partial charge >= 0.3 is 0 Å². The third-order valence-electron chi connectivity index (χ3n) is 4.74. The highest BCUT2D eigenvalue weighted by Crippen LogP contribution is 2.39. The van der Waals surface area contributed by atoms with Crippen LogP contribution in [0.15, 0.2) is 5.16 Å². The number of amides is 1. The molecule has 2 fully saturated rings. The Morgan fingerprint density at radius 2 is 2.13 bits per heavy atom. The molecule has 0 aromatic carbocycles. The van der Waals surface area contributed by atoms with Crippen LogP contribution in [0.4, 0.5) is 0 Å². The average molecular weight is 334 g/mol. The van der Waals surface area contributed by atoms with E-state index in [0.29, 0.717) is 11.2 Å². The molecule has 1 N–H and O–H groups in total. The Labute approximate surface area is 140 Å². The van der Waals surface area contributed by atoms with Gasteiger partial charge in [-0.2, -0.15) is 5.26 Å². The smallest absolute Gasteiger partial charge is 0.231 e. The lowest BCUT2D eigenvalue weighted by molar-refractivity contribution is -0.119. The van der Waals surface area contributed by atoms with Gasteiger partial charge in [0.15, 0.2) is 0 Å². The average Bonchev–Trinajstić information content (AvgIpc) is 3.33. The minimum absolute atomic E-state index is 0.135. The van der Waals surface area contributed by atoms with Crippen LogP contribution in [0.1, 0.15) is 57.9 Å². The molecule has 1 heterocycles. The van der Waals surface area contributed by atoms with Gasteiger partial charge in [-0.25, -0.2) is 4.68 Å². The molecule has 0 bridgehead atoms. The molecule has 8 heteroatoms. The molecule has 0 radical (unpaired) electrons. The standard InChI is InChI=1S/C15H22N6OS/c1-15(10-16,11-7-8-11)17-13(22)9-23-14-18-19-20-21(14)12-5-3-2-4-6-12/h11-12H,2-9H2,1H3,(H,17,22). The summed E-state index contributed by atoms with van der Waals surface area (Å²) >= 11 is 1.34. The largest absolute Gasteiger partial charge is 0.337 e. The van der Waals surface area contributed by atoms with Crippen molar-refractivity contribution in [1.29, 1.82) is 5.26 Å². The van der Waals surface area contributed by atoms with Crippen LogP contribution in [-0.2, 0) is 4.79 Å². The lowest BCUT2D eigenvalue weighted by atomic mass is 9.96. The monoisotopic (exact) mass is 334 g/mol. The maximum atomic E-state index is 12.2. The van der Waals surface area contributed by atoms with Crippen LogP contribution in [-0.4, -0.2) is 37.4 Å². The number of hydrogen-bond donors (Lipinski definition) is 1. The van der Waals surface area contributed by atoms with Crippen LogP contribution in [0.25, 0.3) is 0 Å². The van der Waals surface area contributed by atoms with E-state index in [9.17, 15) is 10.1 Å². The minimum atomic E-state index is -0.743. The first-order chi connectivity index (χ1) is 11.1. The van der Waals surface area contributed by atoms with E-state index in [1.807, 2.05) is 4.68 Å². The minimum Gasteiger partial charge on any atom is -0.337 e. The highest BCUT2D eigenvalue weighted by molar-refractivity contribution is 7.99. The second-order valence-electron chi connectivity index (χ2n) is 6.62. The number of nitriles is 1. The third-order valence-corrected chi connectivity index (χ3v) is 5.67. The highest BCUT2D eigenvalue weighted by Gasteiger charge is 2.43.